The maximum atomic E-state index is 13.7. The minimum atomic E-state index is 0.138. The summed E-state index contributed by atoms with van der Waals surface area (Å²) in [5, 5.41) is 0. The quantitative estimate of drug-likeness (QED) is 0.674. The molecule has 0 radical (unpaired) electrons. The highest BCUT2D eigenvalue weighted by atomic mass is 16.5. The molecule has 1 aromatic carbocycles. The average molecular weight is 394 g/mol. The van der Waals surface area contributed by atoms with Crippen molar-refractivity contribution in [1.82, 2.24) is 4.90 Å². The predicted octanol–water partition coefficient (Wildman–Crippen LogP) is 5.36. The second-order valence-electron chi connectivity index (χ2n) is 10.7. The number of Topliss-reactive ketones (excluding diaryl/α,β-unsaturated/α-hetero) is 1. The first-order valence-electron chi connectivity index (χ1n) is 12.3. The van der Waals surface area contributed by atoms with E-state index in [1.165, 1.54) is 76.2 Å². The van der Waals surface area contributed by atoms with Crippen molar-refractivity contribution in [2.75, 3.05) is 19.7 Å². The first-order chi connectivity index (χ1) is 14.2. The Bertz CT molecular complexity index is 796. The standard InChI is InChI=1S/C26H35NO2/c28-25-21-11-10-20(29-17-19-7-4-8-19)15-23(21)26-12-2-1-9-22(26)24(25)27(14-13-26)16-18-5-3-6-18/h10-11,15,18-19,22,24H,1-9,12-14,16-17H2/t22-,24+,26-/m0/s1. The van der Waals surface area contributed by atoms with Crippen LogP contribution in [0.15, 0.2) is 18.2 Å². The minimum absolute atomic E-state index is 0.138. The number of hydrogen-bond donors (Lipinski definition) is 0. The fourth-order valence-corrected chi connectivity index (χ4v) is 7.08. The molecule has 1 aromatic rings. The highest BCUT2D eigenvalue weighted by Gasteiger charge is 2.57. The third-order valence-electron chi connectivity index (χ3n) is 9.21. The molecule has 2 bridgehead atoms. The smallest absolute Gasteiger partial charge is 0.180 e. The number of ether oxygens (including phenoxy) is 1. The van der Waals surface area contributed by atoms with Crippen LogP contribution in [0, 0.1) is 17.8 Å². The van der Waals surface area contributed by atoms with Crippen LogP contribution >= 0.6 is 0 Å². The van der Waals surface area contributed by atoms with Crippen molar-refractivity contribution in [1.29, 1.82) is 0 Å². The Labute approximate surface area is 175 Å². The van der Waals surface area contributed by atoms with Crippen LogP contribution in [0.3, 0.4) is 0 Å². The molecule has 0 unspecified atom stereocenters. The molecule has 29 heavy (non-hydrogen) atoms. The molecule has 4 fully saturated rings. The van der Waals surface area contributed by atoms with Crippen LogP contribution < -0.4 is 4.74 Å². The van der Waals surface area contributed by atoms with Crippen LogP contribution in [0.2, 0.25) is 0 Å². The number of benzene rings is 1. The van der Waals surface area contributed by atoms with Crippen LogP contribution in [0.5, 0.6) is 5.75 Å². The first kappa shape index (κ1) is 18.4. The van der Waals surface area contributed by atoms with Crippen molar-refractivity contribution in [3.63, 3.8) is 0 Å². The number of carbonyl (C=O) groups is 1. The van der Waals surface area contributed by atoms with E-state index in [2.05, 4.69) is 23.1 Å². The van der Waals surface area contributed by atoms with Gasteiger partial charge in [-0.05, 0) is 93.0 Å². The largest absolute Gasteiger partial charge is 0.493 e. The minimum Gasteiger partial charge on any atom is -0.493 e. The van der Waals surface area contributed by atoms with E-state index >= 15 is 0 Å². The summed E-state index contributed by atoms with van der Waals surface area (Å²) in [6.45, 7) is 3.11. The molecule has 6 rings (SSSR count). The fourth-order valence-electron chi connectivity index (χ4n) is 7.08. The number of likely N-dealkylation sites (tertiary alicyclic amines) is 1. The Morgan fingerprint density at radius 2 is 1.79 bits per heavy atom. The fraction of sp³-hybridized carbons (Fsp3) is 0.731. The lowest BCUT2D eigenvalue weighted by Crippen LogP contribution is -2.64. The number of carbonyl (C=O) groups excluding carboxylic acids is 1. The van der Waals surface area contributed by atoms with E-state index in [0.29, 0.717) is 11.7 Å². The van der Waals surface area contributed by atoms with Gasteiger partial charge in [0.15, 0.2) is 5.78 Å². The van der Waals surface area contributed by atoms with Crippen LogP contribution in [-0.2, 0) is 5.41 Å². The Hall–Kier alpha value is -1.35. The zero-order valence-electron chi connectivity index (χ0n) is 17.7. The van der Waals surface area contributed by atoms with Crippen molar-refractivity contribution >= 4 is 5.78 Å². The Balaban J connectivity index is 1.33. The summed E-state index contributed by atoms with van der Waals surface area (Å²) in [4.78, 5) is 16.3. The topological polar surface area (TPSA) is 29.5 Å². The summed E-state index contributed by atoms with van der Waals surface area (Å²) in [7, 11) is 0. The highest BCUT2D eigenvalue weighted by Crippen LogP contribution is 2.56. The van der Waals surface area contributed by atoms with Crippen molar-refractivity contribution in [3.8, 4) is 5.75 Å². The Kier molecular flexibility index (Phi) is 4.52. The summed E-state index contributed by atoms with van der Waals surface area (Å²) in [5.74, 6) is 3.51. The second-order valence-corrected chi connectivity index (χ2v) is 10.7. The normalized spacial score (nSPS) is 34.7. The molecule has 0 N–H and O–H groups in total. The molecule has 0 amide bonds. The molecule has 0 aromatic heterocycles. The van der Waals surface area contributed by atoms with E-state index < -0.39 is 0 Å². The Morgan fingerprint density at radius 1 is 0.966 bits per heavy atom. The predicted molar refractivity (Wildman–Crippen MR) is 115 cm³/mol. The summed E-state index contributed by atoms with van der Waals surface area (Å²) in [6.07, 6.45) is 14.4. The van der Waals surface area contributed by atoms with Gasteiger partial charge in [0.05, 0.1) is 12.6 Å². The van der Waals surface area contributed by atoms with E-state index in [1.54, 1.807) is 0 Å². The summed E-state index contributed by atoms with van der Waals surface area (Å²) < 4.78 is 6.20. The third kappa shape index (κ3) is 2.91. The number of rotatable bonds is 5. The van der Waals surface area contributed by atoms with Gasteiger partial charge < -0.3 is 4.74 Å². The van der Waals surface area contributed by atoms with Gasteiger partial charge >= 0.3 is 0 Å². The SMILES string of the molecule is O=C1c2ccc(OCC3CCC3)cc2[C@]23CCCC[C@H]2[C@H]1N(CC1CCC1)CC3. The molecular formula is C26H35NO2. The molecule has 3 heteroatoms. The van der Waals surface area contributed by atoms with Crippen LogP contribution in [-0.4, -0.2) is 36.4 Å². The molecule has 156 valence electrons. The average Bonchev–Trinajstić information content (AvgIpc) is 2.68. The molecule has 1 saturated heterocycles. The van der Waals surface area contributed by atoms with E-state index in [9.17, 15) is 4.79 Å². The Morgan fingerprint density at radius 3 is 2.55 bits per heavy atom. The summed E-state index contributed by atoms with van der Waals surface area (Å²) in [6, 6.07) is 6.60. The number of hydrogen-bond acceptors (Lipinski definition) is 3. The monoisotopic (exact) mass is 393 g/mol. The molecule has 3 atom stereocenters. The lowest BCUT2D eigenvalue weighted by molar-refractivity contribution is -0.0135. The molecule has 0 spiro atoms. The molecular weight excluding hydrogens is 358 g/mol. The zero-order valence-corrected chi connectivity index (χ0v) is 17.7. The molecule has 5 aliphatic rings. The van der Waals surface area contributed by atoms with Crippen molar-refractivity contribution < 1.29 is 9.53 Å². The van der Waals surface area contributed by atoms with E-state index in [1.807, 2.05) is 0 Å². The maximum absolute atomic E-state index is 13.7. The summed E-state index contributed by atoms with van der Waals surface area (Å²) >= 11 is 0. The van der Waals surface area contributed by atoms with Gasteiger partial charge in [-0.2, -0.15) is 0 Å². The van der Waals surface area contributed by atoms with Crippen LogP contribution in [0.4, 0.5) is 0 Å². The van der Waals surface area contributed by atoms with E-state index in [0.717, 1.165) is 42.8 Å². The van der Waals surface area contributed by atoms with Gasteiger partial charge in [-0.3, -0.25) is 9.69 Å². The molecule has 4 aliphatic carbocycles. The first-order valence-corrected chi connectivity index (χ1v) is 12.3. The van der Waals surface area contributed by atoms with Gasteiger partial charge in [-0.1, -0.05) is 25.7 Å². The molecule has 1 heterocycles. The summed E-state index contributed by atoms with van der Waals surface area (Å²) in [5.41, 5.74) is 2.58. The van der Waals surface area contributed by atoms with Gasteiger partial charge in [0, 0.05) is 17.5 Å². The molecule has 3 nitrogen and oxygen atoms in total. The highest BCUT2D eigenvalue weighted by molar-refractivity contribution is 6.04. The maximum Gasteiger partial charge on any atom is 0.180 e. The number of nitrogens with zero attached hydrogens (tertiary/aromatic N) is 1. The van der Waals surface area contributed by atoms with Crippen LogP contribution in [0.25, 0.3) is 0 Å². The van der Waals surface area contributed by atoms with E-state index in [4.69, 9.17) is 4.74 Å². The van der Waals surface area contributed by atoms with Crippen molar-refractivity contribution in [2.45, 2.75) is 82.1 Å². The number of fused-ring (bicyclic) bond motifs is 1. The van der Waals surface area contributed by atoms with Gasteiger partial charge in [0.25, 0.3) is 0 Å². The molecule has 1 aliphatic heterocycles. The number of piperidine rings is 1. The van der Waals surface area contributed by atoms with Crippen LogP contribution in [0.1, 0.15) is 86.6 Å². The lowest BCUT2D eigenvalue weighted by atomic mass is 9.52. The van der Waals surface area contributed by atoms with Crippen molar-refractivity contribution in [3.05, 3.63) is 29.3 Å². The lowest BCUT2D eigenvalue weighted by Gasteiger charge is -2.58. The van der Waals surface area contributed by atoms with Gasteiger partial charge in [0.2, 0.25) is 0 Å². The third-order valence-corrected chi connectivity index (χ3v) is 9.21. The van der Waals surface area contributed by atoms with E-state index in [-0.39, 0.29) is 11.5 Å². The van der Waals surface area contributed by atoms with Gasteiger partial charge in [0.1, 0.15) is 5.75 Å². The molecule has 3 saturated carbocycles. The van der Waals surface area contributed by atoms with Gasteiger partial charge in [-0.25, -0.2) is 0 Å². The van der Waals surface area contributed by atoms with Crippen molar-refractivity contribution in [2.24, 2.45) is 17.8 Å². The number of ketones is 1. The van der Waals surface area contributed by atoms with Gasteiger partial charge in [-0.15, -0.1) is 0 Å². The zero-order chi connectivity index (χ0) is 19.4. The second kappa shape index (κ2) is 7.11.